The Labute approximate surface area is 197 Å². The van der Waals surface area contributed by atoms with E-state index in [1.807, 2.05) is 42.5 Å². The number of carbonyl (C=O) groups is 1. The zero-order chi connectivity index (χ0) is 22.8. The zero-order valence-corrected chi connectivity index (χ0v) is 19.2. The quantitative estimate of drug-likeness (QED) is 0.587. The molecule has 0 unspecified atom stereocenters. The normalized spacial score (nSPS) is 20.8. The Balaban J connectivity index is 1.49. The summed E-state index contributed by atoms with van der Waals surface area (Å²) in [4.78, 5) is 31.4. The van der Waals surface area contributed by atoms with Crippen LogP contribution in [0.25, 0.3) is 22.0 Å². The second-order valence-electron chi connectivity index (χ2n) is 8.90. The molecule has 172 valence electrons. The molecule has 0 bridgehead atoms. The molecule has 1 amide bonds. The first kappa shape index (κ1) is 22.0. The van der Waals surface area contributed by atoms with Gasteiger partial charge in [-0.15, -0.1) is 0 Å². The van der Waals surface area contributed by atoms with Crippen molar-refractivity contribution in [2.75, 3.05) is 31.1 Å². The van der Waals surface area contributed by atoms with Crippen molar-refractivity contribution in [2.24, 2.45) is 5.92 Å². The summed E-state index contributed by atoms with van der Waals surface area (Å²) in [6.07, 6.45) is 3.82. The van der Waals surface area contributed by atoms with Crippen LogP contribution in [0.1, 0.15) is 25.7 Å². The van der Waals surface area contributed by atoms with Crippen LogP contribution < -0.4 is 15.8 Å². The van der Waals surface area contributed by atoms with Crippen molar-refractivity contribution in [3.8, 4) is 11.1 Å². The molecule has 2 aromatic carbocycles. The van der Waals surface area contributed by atoms with E-state index < -0.39 is 0 Å². The van der Waals surface area contributed by atoms with Gasteiger partial charge in [-0.1, -0.05) is 41.9 Å². The molecule has 2 saturated heterocycles. The Hall–Kier alpha value is -2.83. The van der Waals surface area contributed by atoms with Gasteiger partial charge in [0.05, 0.1) is 12.0 Å². The Morgan fingerprint density at radius 3 is 2.79 bits per heavy atom. The minimum Gasteiger partial charge on any atom is -0.376 e. The van der Waals surface area contributed by atoms with E-state index in [4.69, 9.17) is 16.3 Å². The number of aromatic amines is 1. The predicted octanol–water partition coefficient (Wildman–Crippen LogP) is 4.36. The minimum atomic E-state index is -0.168. The Morgan fingerprint density at radius 1 is 1.15 bits per heavy atom. The number of pyridine rings is 1. The largest absolute Gasteiger partial charge is 0.376 e. The highest BCUT2D eigenvalue weighted by Crippen LogP contribution is 2.37. The summed E-state index contributed by atoms with van der Waals surface area (Å²) in [6.45, 7) is 2.56. The first-order valence-electron chi connectivity index (χ1n) is 11.7. The number of benzene rings is 2. The van der Waals surface area contributed by atoms with E-state index in [9.17, 15) is 9.59 Å². The first-order chi connectivity index (χ1) is 16.1. The van der Waals surface area contributed by atoms with Crippen LogP contribution >= 0.6 is 11.6 Å². The number of hydrogen-bond acceptors (Lipinski definition) is 4. The number of H-pyrrole nitrogens is 1. The van der Waals surface area contributed by atoms with Crippen molar-refractivity contribution in [2.45, 2.75) is 31.8 Å². The average Bonchev–Trinajstić information content (AvgIpc) is 3.36. The van der Waals surface area contributed by atoms with Crippen LogP contribution in [0.5, 0.6) is 0 Å². The summed E-state index contributed by atoms with van der Waals surface area (Å²) in [5.74, 6) is -0.130. The summed E-state index contributed by atoms with van der Waals surface area (Å²) >= 11 is 6.34. The second kappa shape index (κ2) is 9.57. The molecule has 2 fully saturated rings. The highest BCUT2D eigenvalue weighted by molar-refractivity contribution is 6.31. The monoisotopic (exact) mass is 465 g/mol. The molecular formula is C26H28ClN3O3. The van der Waals surface area contributed by atoms with Crippen molar-refractivity contribution in [1.29, 1.82) is 0 Å². The van der Waals surface area contributed by atoms with Gasteiger partial charge in [-0.05, 0) is 49.4 Å². The molecule has 0 saturated carbocycles. The zero-order valence-electron chi connectivity index (χ0n) is 18.5. The number of carbonyl (C=O) groups excluding carboxylic acids is 1. The van der Waals surface area contributed by atoms with Crippen LogP contribution in [-0.2, 0) is 9.53 Å². The predicted molar refractivity (Wildman–Crippen MR) is 132 cm³/mol. The van der Waals surface area contributed by atoms with E-state index in [0.717, 1.165) is 60.9 Å². The molecular weight excluding hydrogens is 438 g/mol. The van der Waals surface area contributed by atoms with Crippen LogP contribution in [-0.4, -0.2) is 43.2 Å². The molecule has 3 aromatic rings. The van der Waals surface area contributed by atoms with Crippen LogP contribution in [0.4, 0.5) is 5.69 Å². The molecule has 0 spiro atoms. The summed E-state index contributed by atoms with van der Waals surface area (Å²) in [6, 6.07) is 15.4. The molecule has 2 N–H and O–H groups in total. The lowest BCUT2D eigenvalue weighted by molar-refractivity contribution is -0.125. The summed E-state index contributed by atoms with van der Waals surface area (Å²) in [5.41, 5.74) is 3.01. The van der Waals surface area contributed by atoms with Gasteiger partial charge in [0, 0.05) is 47.7 Å². The molecule has 0 radical (unpaired) electrons. The summed E-state index contributed by atoms with van der Waals surface area (Å²) in [7, 11) is 0. The molecule has 33 heavy (non-hydrogen) atoms. The Bertz CT molecular complexity index is 1200. The van der Waals surface area contributed by atoms with E-state index in [1.165, 1.54) is 0 Å². The fourth-order valence-electron chi connectivity index (χ4n) is 5.01. The molecule has 7 heteroatoms. The highest BCUT2D eigenvalue weighted by Gasteiger charge is 2.30. The third kappa shape index (κ3) is 4.63. The second-order valence-corrected chi connectivity index (χ2v) is 9.34. The van der Waals surface area contributed by atoms with Crippen LogP contribution in [0.15, 0.2) is 53.3 Å². The number of rotatable bonds is 5. The lowest BCUT2D eigenvalue weighted by Gasteiger charge is -2.34. The number of anilines is 1. The van der Waals surface area contributed by atoms with Gasteiger partial charge < -0.3 is 19.9 Å². The fourth-order valence-corrected chi connectivity index (χ4v) is 5.18. The molecule has 3 heterocycles. The van der Waals surface area contributed by atoms with Crippen LogP contribution in [0.3, 0.4) is 0 Å². The number of hydrogen-bond donors (Lipinski definition) is 2. The lowest BCUT2D eigenvalue weighted by atomic mass is 9.94. The van der Waals surface area contributed by atoms with Crippen molar-refractivity contribution < 1.29 is 9.53 Å². The Morgan fingerprint density at radius 2 is 2.00 bits per heavy atom. The SMILES string of the molecule is O=C(NC[C@@H]1CCCO1)[C@H]1CCCN(c2c(-c3ccccc3)c3cc(Cl)ccc3[nH]c2=O)C1. The maximum absolute atomic E-state index is 13.3. The van der Waals surface area contributed by atoms with E-state index in [1.54, 1.807) is 6.07 Å². The maximum Gasteiger partial charge on any atom is 0.272 e. The molecule has 6 nitrogen and oxygen atoms in total. The number of aromatic nitrogens is 1. The summed E-state index contributed by atoms with van der Waals surface area (Å²) in [5, 5.41) is 4.58. The van der Waals surface area contributed by atoms with Crippen LogP contribution in [0, 0.1) is 5.92 Å². The Kier molecular flexibility index (Phi) is 6.38. The number of fused-ring (bicyclic) bond motifs is 1. The van der Waals surface area contributed by atoms with Gasteiger partial charge in [0.25, 0.3) is 5.56 Å². The fraction of sp³-hybridized carbons (Fsp3) is 0.385. The maximum atomic E-state index is 13.3. The van der Waals surface area contributed by atoms with Gasteiger partial charge in [0.15, 0.2) is 0 Å². The van der Waals surface area contributed by atoms with Gasteiger partial charge >= 0.3 is 0 Å². The van der Waals surface area contributed by atoms with E-state index in [-0.39, 0.29) is 23.5 Å². The highest BCUT2D eigenvalue weighted by atomic mass is 35.5. The first-order valence-corrected chi connectivity index (χ1v) is 12.0. The minimum absolute atomic E-state index is 0.0386. The van der Waals surface area contributed by atoms with Gasteiger partial charge in [-0.2, -0.15) is 0 Å². The number of halogens is 1. The number of nitrogens with zero attached hydrogens (tertiary/aromatic N) is 1. The van der Waals surface area contributed by atoms with E-state index in [2.05, 4.69) is 15.2 Å². The van der Waals surface area contributed by atoms with Crippen molar-refractivity contribution in [1.82, 2.24) is 10.3 Å². The standard InChI is InChI=1S/C26H28ClN3O3/c27-19-10-11-22-21(14-19)23(17-6-2-1-3-7-17)24(26(32)29-22)30-12-4-8-18(16-30)25(31)28-15-20-9-5-13-33-20/h1-3,6-7,10-11,14,18,20H,4-5,8-9,12-13,15-16H2,(H,28,31)(H,29,32)/t18-,20-/m0/s1. The number of amides is 1. The summed E-state index contributed by atoms with van der Waals surface area (Å²) < 4.78 is 5.63. The van der Waals surface area contributed by atoms with Crippen molar-refractivity contribution in [3.63, 3.8) is 0 Å². The topological polar surface area (TPSA) is 74.4 Å². The molecule has 1 aromatic heterocycles. The van der Waals surface area contributed by atoms with Gasteiger partial charge in [0.1, 0.15) is 5.69 Å². The van der Waals surface area contributed by atoms with Crippen LogP contribution in [0.2, 0.25) is 5.02 Å². The molecule has 2 aliphatic rings. The third-order valence-electron chi connectivity index (χ3n) is 6.65. The van der Waals surface area contributed by atoms with E-state index >= 15 is 0 Å². The average molecular weight is 466 g/mol. The van der Waals surface area contributed by atoms with Crippen molar-refractivity contribution >= 4 is 34.1 Å². The smallest absolute Gasteiger partial charge is 0.272 e. The third-order valence-corrected chi connectivity index (χ3v) is 6.88. The van der Waals surface area contributed by atoms with Gasteiger partial charge in [-0.3, -0.25) is 9.59 Å². The number of piperidine rings is 1. The van der Waals surface area contributed by atoms with Gasteiger partial charge in [0.2, 0.25) is 5.91 Å². The number of nitrogens with one attached hydrogen (secondary N) is 2. The van der Waals surface area contributed by atoms with Crippen molar-refractivity contribution in [3.05, 3.63) is 63.9 Å². The van der Waals surface area contributed by atoms with E-state index in [0.29, 0.717) is 23.8 Å². The molecule has 0 aliphatic carbocycles. The molecule has 2 atom stereocenters. The van der Waals surface area contributed by atoms with Gasteiger partial charge in [-0.25, -0.2) is 0 Å². The lowest BCUT2D eigenvalue weighted by Crippen LogP contribution is -2.46. The molecule has 2 aliphatic heterocycles. The molecule has 5 rings (SSSR count). The number of ether oxygens (including phenoxy) is 1.